The molecule has 2 amide bonds. The molecule has 1 saturated carbocycles. The van der Waals surface area contributed by atoms with E-state index in [-0.39, 0.29) is 42.7 Å². The van der Waals surface area contributed by atoms with E-state index >= 15 is 0 Å². The standard InChI is InChI=1S/C28H34N2O5/c1-3-17(2)26(27(33)29-19-13-12-18(14-19)15-25(31)32)30-28(34)35-16-24-22-10-6-4-8-20(22)21-9-5-7-11-23(21)24/h4-11,17-19,24,26H,3,12-16H2,1-2H3,(H,29,33)(H,30,34)(H,31,32)/t17-,18-,19+,26-/m0/s1. The SMILES string of the molecule is CC[C@H](C)[C@H](NC(=O)OCC1c2ccccc2-c2ccccc21)C(=O)N[C@@H]1CC[C@H](CC(=O)O)C1. The highest BCUT2D eigenvalue weighted by atomic mass is 16.5. The fraction of sp³-hybridized carbons (Fsp3) is 0.464. The van der Waals surface area contributed by atoms with Crippen molar-refractivity contribution in [3.05, 3.63) is 59.7 Å². The first kappa shape index (κ1) is 24.8. The predicted molar refractivity (Wildman–Crippen MR) is 133 cm³/mol. The van der Waals surface area contributed by atoms with Gasteiger partial charge in [0, 0.05) is 18.4 Å². The number of hydrogen-bond donors (Lipinski definition) is 3. The summed E-state index contributed by atoms with van der Waals surface area (Å²) in [6, 6.07) is 15.5. The van der Waals surface area contributed by atoms with E-state index in [9.17, 15) is 14.4 Å². The van der Waals surface area contributed by atoms with Crippen LogP contribution in [0, 0.1) is 11.8 Å². The summed E-state index contributed by atoms with van der Waals surface area (Å²) in [4.78, 5) is 36.8. The average Bonchev–Trinajstić information content (AvgIpc) is 3.41. The second-order valence-corrected chi connectivity index (χ2v) is 9.82. The van der Waals surface area contributed by atoms with E-state index in [0.717, 1.165) is 35.1 Å². The summed E-state index contributed by atoms with van der Waals surface area (Å²) in [6.07, 6.45) is 2.42. The molecule has 0 unspecified atom stereocenters. The highest BCUT2D eigenvalue weighted by Gasteiger charge is 2.33. The van der Waals surface area contributed by atoms with E-state index in [0.29, 0.717) is 12.8 Å². The minimum atomic E-state index is -0.809. The molecule has 35 heavy (non-hydrogen) atoms. The Kier molecular flexibility index (Phi) is 7.73. The lowest BCUT2D eigenvalue weighted by Gasteiger charge is -2.25. The number of nitrogens with one attached hydrogen (secondary N) is 2. The van der Waals surface area contributed by atoms with Gasteiger partial charge in [-0.25, -0.2) is 4.79 Å². The van der Waals surface area contributed by atoms with Crippen LogP contribution in [0.5, 0.6) is 0 Å². The number of amides is 2. The third-order valence-corrected chi connectivity index (χ3v) is 7.46. The van der Waals surface area contributed by atoms with Crippen LogP contribution in [0.1, 0.15) is 63.0 Å². The van der Waals surface area contributed by atoms with Crippen LogP contribution in [0.2, 0.25) is 0 Å². The van der Waals surface area contributed by atoms with Gasteiger partial charge in [-0.15, -0.1) is 0 Å². The minimum Gasteiger partial charge on any atom is -0.481 e. The second-order valence-electron chi connectivity index (χ2n) is 9.82. The van der Waals surface area contributed by atoms with Crippen LogP contribution in [-0.4, -0.2) is 41.8 Å². The van der Waals surface area contributed by atoms with Crippen LogP contribution >= 0.6 is 0 Å². The van der Waals surface area contributed by atoms with E-state index < -0.39 is 18.1 Å². The van der Waals surface area contributed by atoms with Crippen molar-refractivity contribution >= 4 is 18.0 Å². The highest BCUT2D eigenvalue weighted by molar-refractivity contribution is 5.86. The summed E-state index contributed by atoms with van der Waals surface area (Å²) in [6.45, 7) is 4.09. The van der Waals surface area contributed by atoms with Gasteiger partial charge in [0.15, 0.2) is 0 Å². The molecule has 0 spiro atoms. The molecular weight excluding hydrogens is 444 g/mol. The third-order valence-electron chi connectivity index (χ3n) is 7.46. The lowest BCUT2D eigenvalue weighted by Crippen LogP contribution is -2.52. The Bertz CT molecular complexity index is 1040. The molecule has 1 fully saturated rings. The molecule has 0 aromatic heterocycles. The molecule has 7 heteroatoms. The van der Waals surface area contributed by atoms with Crippen molar-refractivity contribution < 1.29 is 24.2 Å². The van der Waals surface area contributed by atoms with Gasteiger partial charge in [0.1, 0.15) is 12.6 Å². The molecule has 2 aromatic rings. The fourth-order valence-corrected chi connectivity index (χ4v) is 5.40. The normalized spacial score (nSPS) is 20.4. The number of hydrogen-bond acceptors (Lipinski definition) is 4. The average molecular weight is 479 g/mol. The van der Waals surface area contributed by atoms with Crippen LogP contribution < -0.4 is 10.6 Å². The van der Waals surface area contributed by atoms with Crippen molar-refractivity contribution in [3.63, 3.8) is 0 Å². The van der Waals surface area contributed by atoms with Crippen LogP contribution in [0.3, 0.4) is 0 Å². The first-order valence-electron chi connectivity index (χ1n) is 12.5. The zero-order valence-electron chi connectivity index (χ0n) is 20.3. The monoisotopic (exact) mass is 478 g/mol. The molecule has 2 aliphatic rings. The van der Waals surface area contributed by atoms with Crippen LogP contribution in [0.25, 0.3) is 11.1 Å². The minimum absolute atomic E-state index is 0.0475. The van der Waals surface area contributed by atoms with Gasteiger partial charge < -0.3 is 20.5 Å². The quantitative estimate of drug-likeness (QED) is 0.485. The molecule has 7 nitrogen and oxygen atoms in total. The number of aliphatic carboxylic acids is 1. The number of rotatable bonds is 9. The maximum Gasteiger partial charge on any atom is 0.407 e. The third kappa shape index (κ3) is 5.66. The number of alkyl carbamates (subject to hydrolysis) is 1. The van der Waals surface area contributed by atoms with E-state index in [4.69, 9.17) is 9.84 Å². The number of ether oxygens (including phenoxy) is 1. The number of benzene rings is 2. The lowest BCUT2D eigenvalue weighted by molar-refractivity contribution is -0.138. The molecule has 2 aliphatic carbocycles. The molecule has 0 aliphatic heterocycles. The van der Waals surface area contributed by atoms with Gasteiger partial charge in [-0.05, 0) is 53.4 Å². The summed E-state index contributed by atoms with van der Waals surface area (Å²) < 4.78 is 5.65. The van der Waals surface area contributed by atoms with Crippen LogP contribution in [0.4, 0.5) is 4.79 Å². The van der Waals surface area contributed by atoms with Gasteiger partial charge in [-0.2, -0.15) is 0 Å². The van der Waals surface area contributed by atoms with Crippen LogP contribution in [-0.2, 0) is 14.3 Å². The van der Waals surface area contributed by atoms with Crippen molar-refractivity contribution in [2.24, 2.45) is 11.8 Å². The van der Waals surface area contributed by atoms with Gasteiger partial charge in [-0.1, -0.05) is 68.8 Å². The van der Waals surface area contributed by atoms with Crippen LogP contribution in [0.15, 0.2) is 48.5 Å². The Hall–Kier alpha value is -3.35. The van der Waals surface area contributed by atoms with E-state index in [2.05, 4.69) is 34.9 Å². The Balaban J connectivity index is 1.36. The molecule has 4 rings (SSSR count). The maximum absolute atomic E-state index is 13.1. The van der Waals surface area contributed by atoms with E-state index in [1.54, 1.807) is 0 Å². The van der Waals surface area contributed by atoms with Crippen molar-refractivity contribution in [2.45, 2.75) is 64.0 Å². The summed E-state index contributed by atoms with van der Waals surface area (Å²) >= 11 is 0. The molecule has 0 bridgehead atoms. The number of fused-ring (bicyclic) bond motifs is 3. The maximum atomic E-state index is 13.1. The highest BCUT2D eigenvalue weighted by Crippen LogP contribution is 2.44. The molecular formula is C28H34N2O5. The molecule has 4 atom stereocenters. The Morgan fingerprint density at radius 2 is 1.66 bits per heavy atom. The first-order valence-corrected chi connectivity index (χ1v) is 12.5. The second kappa shape index (κ2) is 10.9. The van der Waals surface area contributed by atoms with Crippen molar-refractivity contribution in [2.75, 3.05) is 6.61 Å². The van der Waals surface area contributed by atoms with Gasteiger partial charge in [0.25, 0.3) is 0 Å². The first-order chi connectivity index (χ1) is 16.9. The van der Waals surface area contributed by atoms with Crippen molar-refractivity contribution in [1.29, 1.82) is 0 Å². The largest absolute Gasteiger partial charge is 0.481 e. The number of carboxylic acid groups (broad SMARTS) is 1. The van der Waals surface area contributed by atoms with Gasteiger partial charge in [0.2, 0.25) is 5.91 Å². The summed E-state index contributed by atoms with van der Waals surface area (Å²) in [5, 5.41) is 14.8. The molecule has 0 saturated heterocycles. The zero-order chi connectivity index (χ0) is 24.9. The Labute approximate surface area is 206 Å². The Morgan fingerprint density at radius 3 is 2.26 bits per heavy atom. The van der Waals surface area contributed by atoms with Gasteiger partial charge >= 0.3 is 12.1 Å². The molecule has 2 aromatic carbocycles. The number of carboxylic acids is 1. The van der Waals surface area contributed by atoms with E-state index in [1.165, 1.54) is 0 Å². The number of carbonyl (C=O) groups excluding carboxylic acids is 2. The summed E-state index contributed by atoms with van der Waals surface area (Å²) in [5.74, 6) is -1.10. The lowest BCUT2D eigenvalue weighted by atomic mass is 9.97. The fourth-order valence-electron chi connectivity index (χ4n) is 5.40. The molecule has 186 valence electrons. The zero-order valence-corrected chi connectivity index (χ0v) is 20.3. The van der Waals surface area contributed by atoms with Gasteiger partial charge in [-0.3, -0.25) is 9.59 Å². The summed E-state index contributed by atoms with van der Waals surface area (Å²) in [7, 11) is 0. The van der Waals surface area contributed by atoms with E-state index in [1.807, 2.05) is 38.1 Å². The Morgan fingerprint density at radius 1 is 1.03 bits per heavy atom. The van der Waals surface area contributed by atoms with Gasteiger partial charge in [0.05, 0.1) is 0 Å². The molecule has 0 radical (unpaired) electrons. The predicted octanol–water partition coefficient (Wildman–Crippen LogP) is 4.70. The number of carbonyl (C=O) groups is 3. The molecule has 0 heterocycles. The summed E-state index contributed by atoms with van der Waals surface area (Å²) in [5.41, 5.74) is 4.59. The smallest absolute Gasteiger partial charge is 0.407 e. The van der Waals surface area contributed by atoms with Crippen molar-refractivity contribution in [1.82, 2.24) is 10.6 Å². The topological polar surface area (TPSA) is 105 Å². The molecule has 3 N–H and O–H groups in total. The van der Waals surface area contributed by atoms with Crippen molar-refractivity contribution in [3.8, 4) is 11.1 Å².